The lowest BCUT2D eigenvalue weighted by molar-refractivity contribution is 0.423. The van der Waals surface area contributed by atoms with Gasteiger partial charge < -0.3 is 10.3 Å². The Balaban J connectivity index is 2.40. The molecule has 102 valence electrons. The molecule has 0 aliphatic heterocycles. The molecule has 0 saturated carbocycles. The van der Waals surface area contributed by atoms with Crippen molar-refractivity contribution in [3.63, 3.8) is 0 Å². The van der Waals surface area contributed by atoms with Crippen molar-refractivity contribution in [1.29, 1.82) is 0 Å². The summed E-state index contributed by atoms with van der Waals surface area (Å²) in [6.45, 7) is 4.27. The summed E-state index contributed by atoms with van der Waals surface area (Å²) in [6.07, 6.45) is 1.72. The van der Waals surface area contributed by atoms with E-state index in [1.807, 2.05) is 0 Å². The molecule has 2 rings (SSSR count). The van der Waals surface area contributed by atoms with Crippen molar-refractivity contribution in [2.75, 3.05) is 5.73 Å². The molecule has 3 nitrogen and oxygen atoms in total. The van der Waals surface area contributed by atoms with E-state index >= 15 is 0 Å². The highest BCUT2D eigenvalue weighted by Gasteiger charge is 2.18. The van der Waals surface area contributed by atoms with Crippen LogP contribution in [-0.4, -0.2) is 5.16 Å². The van der Waals surface area contributed by atoms with Gasteiger partial charge in [0.05, 0.1) is 16.3 Å². The molecule has 1 aromatic carbocycles. The fourth-order valence-corrected chi connectivity index (χ4v) is 2.18. The summed E-state index contributed by atoms with van der Waals surface area (Å²) in [4.78, 5) is 0. The van der Waals surface area contributed by atoms with Crippen molar-refractivity contribution in [3.8, 4) is 11.1 Å². The molecule has 0 atom stereocenters. The number of aromatic nitrogens is 1. The second kappa shape index (κ2) is 5.61. The van der Waals surface area contributed by atoms with E-state index in [1.54, 1.807) is 6.07 Å². The first-order valence-corrected chi connectivity index (χ1v) is 6.56. The number of nitrogen functional groups attached to an aromatic ring is 1. The van der Waals surface area contributed by atoms with Gasteiger partial charge in [-0.05, 0) is 37.0 Å². The van der Waals surface area contributed by atoms with Crippen LogP contribution in [0, 0.1) is 11.7 Å². The highest BCUT2D eigenvalue weighted by Crippen LogP contribution is 2.35. The van der Waals surface area contributed by atoms with E-state index in [2.05, 4.69) is 19.0 Å². The first-order chi connectivity index (χ1) is 8.99. The van der Waals surface area contributed by atoms with Crippen LogP contribution in [0.25, 0.3) is 11.1 Å². The minimum Gasteiger partial charge on any atom is -0.367 e. The van der Waals surface area contributed by atoms with Crippen LogP contribution in [0.1, 0.15) is 26.0 Å². The Hall–Kier alpha value is -1.55. The summed E-state index contributed by atoms with van der Waals surface area (Å²) >= 11 is 6.06. The van der Waals surface area contributed by atoms with E-state index < -0.39 is 0 Å². The SMILES string of the molecule is CC(C)CCc1noc(N)c1-c1ccc(F)cc1Cl. The topological polar surface area (TPSA) is 52.0 Å². The molecule has 2 aromatic rings. The highest BCUT2D eigenvalue weighted by molar-refractivity contribution is 6.33. The maximum absolute atomic E-state index is 13.1. The van der Waals surface area contributed by atoms with Crippen LogP contribution in [0.5, 0.6) is 0 Å². The maximum atomic E-state index is 13.1. The van der Waals surface area contributed by atoms with Gasteiger partial charge in [-0.15, -0.1) is 0 Å². The lowest BCUT2D eigenvalue weighted by Crippen LogP contribution is -1.96. The Morgan fingerprint density at radius 1 is 1.42 bits per heavy atom. The minimum atomic E-state index is -0.382. The summed E-state index contributed by atoms with van der Waals surface area (Å²) in [5.74, 6) is 0.384. The Kier molecular flexibility index (Phi) is 4.10. The third-order valence-corrected chi connectivity index (χ3v) is 3.26. The van der Waals surface area contributed by atoms with Crippen molar-refractivity contribution in [2.24, 2.45) is 5.92 Å². The molecular weight excluding hydrogens is 267 g/mol. The van der Waals surface area contributed by atoms with Gasteiger partial charge in [-0.25, -0.2) is 4.39 Å². The third kappa shape index (κ3) is 3.07. The van der Waals surface area contributed by atoms with Gasteiger partial charge in [0.25, 0.3) is 0 Å². The normalized spacial score (nSPS) is 11.2. The molecule has 1 heterocycles. The molecule has 0 amide bonds. The van der Waals surface area contributed by atoms with E-state index in [4.69, 9.17) is 21.9 Å². The van der Waals surface area contributed by atoms with Gasteiger partial charge in [-0.2, -0.15) is 0 Å². The van der Waals surface area contributed by atoms with Gasteiger partial charge in [-0.3, -0.25) is 0 Å². The number of hydrogen-bond donors (Lipinski definition) is 1. The van der Waals surface area contributed by atoms with E-state index in [-0.39, 0.29) is 11.7 Å². The summed E-state index contributed by atoms with van der Waals surface area (Å²) in [7, 11) is 0. The summed E-state index contributed by atoms with van der Waals surface area (Å²) in [5.41, 5.74) is 7.89. The predicted octanol–water partition coefficient (Wildman–Crippen LogP) is 4.30. The van der Waals surface area contributed by atoms with Gasteiger partial charge in [0.1, 0.15) is 5.82 Å². The maximum Gasteiger partial charge on any atom is 0.230 e. The quantitative estimate of drug-likeness (QED) is 0.909. The van der Waals surface area contributed by atoms with Crippen LogP contribution in [0.3, 0.4) is 0 Å². The zero-order valence-corrected chi connectivity index (χ0v) is 11.7. The molecule has 19 heavy (non-hydrogen) atoms. The van der Waals surface area contributed by atoms with Crippen LogP contribution in [0.2, 0.25) is 5.02 Å². The Morgan fingerprint density at radius 3 is 2.79 bits per heavy atom. The predicted molar refractivity (Wildman–Crippen MR) is 74.5 cm³/mol. The molecule has 2 N–H and O–H groups in total. The second-order valence-corrected chi connectivity index (χ2v) is 5.33. The average molecular weight is 283 g/mol. The van der Waals surface area contributed by atoms with Crippen LogP contribution in [-0.2, 0) is 6.42 Å². The van der Waals surface area contributed by atoms with E-state index in [0.717, 1.165) is 18.5 Å². The van der Waals surface area contributed by atoms with E-state index in [1.165, 1.54) is 12.1 Å². The average Bonchev–Trinajstić information content (AvgIpc) is 2.68. The lowest BCUT2D eigenvalue weighted by atomic mass is 10.00. The molecule has 0 aliphatic carbocycles. The number of aryl methyl sites for hydroxylation is 1. The molecule has 0 spiro atoms. The smallest absolute Gasteiger partial charge is 0.230 e. The van der Waals surface area contributed by atoms with Crippen LogP contribution in [0.4, 0.5) is 10.3 Å². The van der Waals surface area contributed by atoms with Crippen LogP contribution >= 0.6 is 11.6 Å². The minimum absolute atomic E-state index is 0.215. The van der Waals surface area contributed by atoms with E-state index in [0.29, 0.717) is 22.1 Å². The fraction of sp³-hybridized carbons (Fsp3) is 0.357. The van der Waals surface area contributed by atoms with Crippen molar-refractivity contribution in [1.82, 2.24) is 5.16 Å². The molecule has 0 fully saturated rings. The Bertz CT molecular complexity index is 581. The lowest BCUT2D eigenvalue weighted by Gasteiger charge is -2.06. The number of rotatable bonds is 4. The monoisotopic (exact) mass is 282 g/mol. The number of halogens is 2. The molecule has 1 aromatic heterocycles. The van der Waals surface area contributed by atoms with E-state index in [9.17, 15) is 4.39 Å². The van der Waals surface area contributed by atoms with Crippen LogP contribution in [0.15, 0.2) is 22.7 Å². The first kappa shape index (κ1) is 13.9. The second-order valence-electron chi connectivity index (χ2n) is 4.93. The molecule has 0 aliphatic rings. The number of nitrogens with two attached hydrogens (primary N) is 1. The molecule has 0 radical (unpaired) electrons. The Labute approximate surface area is 116 Å². The summed E-state index contributed by atoms with van der Waals surface area (Å²) in [5, 5.41) is 4.28. The van der Waals surface area contributed by atoms with Gasteiger partial charge >= 0.3 is 0 Å². The van der Waals surface area contributed by atoms with Gasteiger partial charge in [0, 0.05) is 5.56 Å². The van der Waals surface area contributed by atoms with Gasteiger partial charge in [0.15, 0.2) is 0 Å². The van der Waals surface area contributed by atoms with Gasteiger partial charge in [0.2, 0.25) is 5.88 Å². The third-order valence-electron chi connectivity index (χ3n) is 2.95. The Morgan fingerprint density at radius 2 is 2.16 bits per heavy atom. The number of benzene rings is 1. The van der Waals surface area contributed by atoms with Gasteiger partial charge in [-0.1, -0.05) is 30.6 Å². The summed E-state index contributed by atoms with van der Waals surface area (Å²) in [6, 6.07) is 4.20. The van der Waals surface area contributed by atoms with Crippen molar-refractivity contribution in [2.45, 2.75) is 26.7 Å². The molecule has 5 heteroatoms. The zero-order valence-electron chi connectivity index (χ0n) is 10.9. The first-order valence-electron chi connectivity index (χ1n) is 6.18. The van der Waals surface area contributed by atoms with Crippen molar-refractivity contribution >= 4 is 17.5 Å². The van der Waals surface area contributed by atoms with Crippen molar-refractivity contribution < 1.29 is 8.91 Å². The molecule has 0 bridgehead atoms. The van der Waals surface area contributed by atoms with Crippen molar-refractivity contribution in [3.05, 3.63) is 34.7 Å². The summed E-state index contributed by atoms with van der Waals surface area (Å²) < 4.78 is 18.1. The highest BCUT2D eigenvalue weighted by atomic mass is 35.5. The molecule has 0 unspecified atom stereocenters. The van der Waals surface area contributed by atoms with Crippen LogP contribution < -0.4 is 5.73 Å². The number of nitrogens with zero attached hydrogens (tertiary/aromatic N) is 1. The fourth-order valence-electron chi connectivity index (χ4n) is 1.91. The number of hydrogen-bond acceptors (Lipinski definition) is 3. The largest absolute Gasteiger partial charge is 0.367 e. The molecular formula is C14H16ClFN2O. The number of anilines is 1. The standard InChI is InChI=1S/C14H16ClFN2O/c1-8(2)3-6-12-13(14(17)19-18-12)10-5-4-9(16)7-11(10)15/h4-5,7-8H,3,6,17H2,1-2H3. The molecule has 0 saturated heterocycles. The zero-order chi connectivity index (χ0) is 14.0.